The van der Waals surface area contributed by atoms with Crippen LogP contribution in [0.15, 0.2) is 48.5 Å². The molecular weight excluding hydrogens is 480 g/mol. The van der Waals surface area contributed by atoms with E-state index in [0.29, 0.717) is 29.9 Å². The lowest BCUT2D eigenvalue weighted by molar-refractivity contribution is 0.122. The van der Waals surface area contributed by atoms with Gasteiger partial charge in [-0.2, -0.15) is 5.10 Å². The zero-order valence-corrected chi connectivity index (χ0v) is 21.7. The zero-order chi connectivity index (χ0) is 25.7. The quantitative estimate of drug-likeness (QED) is 0.410. The number of hydrogen-bond acceptors (Lipinski definition) is 5. The highest BCUT2D eigenvalue weighted by molar-refractivity contribution is 6.30. The second kappa shape index (κ2) is 11.7. The second-order valence-corrected chi connectivity index (χ2v) is 9.83. The van der Waals surface area contributed by atoms with Crippen molar-refractivity contribution in [3.8, 4) is 5.75 Å². The molecule has 36 heavy (non-hydrogen) atoms. The number of morpholine rings is 1. The number of hydrogen-bond donors (Lipinski definition) is 1. The molecule has 2 heterocycles. The van der Waals surface area contributed by atoms with E-state index in [1.54, 1.807) is 16.8 Å². The van der Waals surface area contributed by atoms with E-state index in [1.165, 1.54) is 4.90 Å². The molecule has 0 unspecified atom stereocenters. The van der Waals surface area contributed by atoms with Gasteiger partial charge in [0.15, 0.2) is 5.82 Å². The van der Waals surface area contributed by atoms with Crippen LogP contribution in [0.5, 0.6) is 5.75 Å². The molecular formula is C27H33ClN4O4. The number of nitrogens with zero attached hydrogens (tertiary/aromatic N) is 4. The lowest BCUT2D eigenvalue weighted by Gasteiger charge is -2.29. The first-order chi connectivity index (χ1) is 17.3. The highest BCUT2D eigenvalue weighted by Gasteiger charge is 2.20. The average Bonchev–Trinajstić information content (AvgIpc) is 3.22. The Morgan fingerprint density at radius 2 is 1.89 bits per heavy atom. The van der Waals surface area contributed by atoms with Crippen molar-refractivity contribution in [1.82, 2.24) is 9.78 Å². The Hall–Kier alpha value is -3.23. The van der Waals surface area contributed by atoms with Gasteiger partial charge in [-0.1, -0.05) is 37.6 Å². The van der Waals surface area contributed by atoms with Gasteiger partial charge in [0.2, 0.25) is 0 Å². The number of anilines is 2. The van der Waals surface area contributed by atoms with Crippen molar-refractivity contribution in [1.29, 1.82) is 0 Å². The maximum absolute atomic E-state index is 12.2. The summed E-state index contributed by atoms with van der Waals surface area (Å²) >= 11 is 6.25. The Labute approximate surface area is 217 Å². The summed E-state index contributed by atoms with van der Waals surface area (Å²) in [6, 6.07) is 15.3. The van der Waals surface area contributed by atoms with Gasteiger partial charge in [0.1, 0.15) is 5.75 Å². The molecule has 3 aromatic rings. The molecule has 1 aliphatic heterocycles. The molecule has 9 heteroatoms. The summed E-state index contributed by atoms with van der Waals surface area (Å²) in [6.45, 7) is 10.5. The number of amides is 1. The zero-order valence-electron chi connectivity index (χ0n) is 21.0. The van der Waals surface area contributed by atoms with Gasteiger partial charge in [-0.15, -0.1) is 0 Å². The first kappa shape index (κ1) is 25.9. The fourth-order valence-electron chi connectivity index (χ4n) is 4.08. The van der Waals surface area contributed by atoms with Crippen LogP contribution in [-0.4, -0.2) is 53.9 Å². The van der Waals surface area contributed by atoms with Crippen LogP contribution in [0.3, 0.4) is 0 Å². The molecule has 0 atom stereocenters. The normalized spacial score (nSPS) is 13.8. The summed E-state index contributed by atoms with van der Waals surface area (Å²) in [5, 5.41) is 15.2. The Bertz CT molecular complexity index is 1170. The van der Waals surface area contributed by atoms with E-state index in [2.05, 4.69) is 23.8 Å². The minimum atomic E-state index is -1.05. The van der Waals surface area contributed by atoms with Crippen LogP contribution >= 0.6 is 11.6 Å². The molecule has 8 nitrogen and oxygen atoms in total. The van der Waals surface area contributed by atoms with Crippen LogP contribution in [0, 0.1) is 12.8 Å². The molecule has 0 bridgehead atoms. The summed E-state index contributed by atoms with van der Waals surface area (Å²) in [7, 11) is 0. The largest absolute Gasteiger partial charge is 0.493 e. The van der Waals surface area contributed by atoms with Gasteiger partial charge in [-0.25, -0.2) is 4.79 Å². The summed E-state index contributed by atoms with van der Waals surface area (Å²) in [5.41, 5.74) is 3.73. The van der Waals surface area contributed by atoms with Crippen molar-refractivity contribution < 1.29 is 19.4 Å². The van der Waals surface area contributed by atoms with Crippen LogP contribution in [0.25, 0.3) is 0 Å². The van der Waals surface area contributed by atoms with E-state index in [4.69, 9.17) is 21.1 Å². The molecule has 0 aliphatic carbocycles. The highest BCUT2D eigenvalue weighted by Crippen LogP contribution is 2.26. The third-order valence-corrected chi connectivity index (χ3v) is 6.28. The Kier molecular flexibility index (Phi) is 8.38. The van der Waals surface area contributed by atoms with E-state index in [-0.39, 0.29) is 6.54 Å². The molecule has 4 rings (SSSR count). The monoisotopic (exact) mass is 512 g/mol. The predicted octanol–water partition coefficient (Wildman–Crippen LogP) is 5.45. The van der Waals surface area contributed by atoms with Crippen molar-refractivity contribution in [2.24, 2.45) is 5.92 Å². The van der Waals surface area contributed by atoms with Crippen molar-refractivity contribution in [3.05, 3.63) is 70.4 Å². The predicted molar refractivity (Wildman–Crippen MR) is 142 cm³/mol. The van der Waals surface area contributed by atoms with Gasteiger partial charge in [0, 0.05) is 41.1 Å². The van der Waals surface area contributed by atoms with E-state index in [9.17, 15) is 9.90 Å². The Morgan fingerprint density at radius 3 is 2.56 bits per heavy atom. The van der Waals surface area contributed by atoms with Gasteiger partial charge in [0.05, 0.1) is 32.9 Å². The first-order valence-electron chi connectivity index (χ1n) is 12.2. The van der Waals surface area contributed by atoms with Crippen LogP contribution in [0.4, 0.5) is 16.3 Å². The van der Waals surface area contributed by atoms with Crippen molar-refractivity contribution in [2.75, 3.05) is 42.7 Å². The Morgan fingerprint density at radius 1 is 1.17 bits per heavy atom. The highest BCUT2D eigenvalue weighted by atomic mass is 35.5. The number of carbonyl (C=O) groups is 1. The molecule has 0 spiro atoms. The van der Waals surface area contributed by atoms with E-state index < -0.39 is 6.09 Å². The number of ether oxygens (including phenoxy) is 2. The van der Waals surface area contributed by atoms with E-state index in [0.717, 1.165) is 54.6 Å². The second-order valence-electron chi connectivity index (χ2n) is 9.39. The third kappa shape index (κ3) is 6.50. The molecule has 1 aromatic heterocycles. The van der Waals surface area contributed by atoms with Crippen LogP contribution < -0.4 is 14.5 Å². The van der Waals surface area contributed by atoms with Gasteiger partial charge >= 0.3 is 6.09 Å². The van der Waals surface area contributed by atoms with Gasteiger partial charge in [-0.3, -0.25) is 9.58 Å². The lowest BCUT2D eigenvalue weighted by atomic mass is 10.1. The number of benzene rings is 2. The molecule has 0 saturated carbocycles. The van der Waals surface area contributed by atoms with Gasteiger partial charge in [0.25, 0.3) is 0 Å². The SMILES string of the molecule is Cc1cc(N(Cc2ccc(N3CCOCC3)cc2)C(=O)O)nn1Cc1cc(Cl)ccc1OCC(C)C. The number of halogens is 1. The van der Waals surface area contributed by atoms with Gasteiger partial charge in [-0.05, 0) is 48.7 Å². The fraction of sp³-hybridized carbons (Fsp3) is 0.407. The van der Waals surface area contributed by atoms with Crippen LogP contribution in [0.1, 0.15) is 30.7 Å². The topological polar surface area (TPSA) is 80.1 Å². The maximum Gasteiger partial charge on any atom is 0.413 e. The summed E-state index contributed by atoms with van der Waals surface area (Å²) in [5.74, 6) is 1.52. The molecule has 1 fully saturated rings. The molecule has 1 saturated heterocycles. The number of aromatic nitrogens is 2. The summed E-state index contributed by atoms with van der Waals surface area (Å²) in [4.78, 5) is 15.7. The molecule has 1 N–H and O–H groups in total. The van der Waals surface area contributed by atoms with Crippen LogP contribution in [-0.2, 0) is 17.8 Å². The maximum atomic E-state index is 12.2. The first-order valence-corrected chi connectivity index (χ1v) is 12.6. The van der Waals surface area contributed by atoms with Gasteiger partial charge < -0.3 is 19.5 Å². The third-order valence-electron chi connectivity index (χ3n) is 6.04. The van der Waals surface area contributed by atoms with Crippen LogP contribution in [0.2, 0.25) is 5.02 Å². The Balaban J connectivity index is 1.51. The van der Waals surface area contributed by atoms with E-state index >= 15 is 0 Å². The fourth-order valence-corrected chi connectivity index (χ4v) is 4.27. The molecule has 2 aromatic carbocycles. The average molecular weight is 513 g/mol. The van der Waals surface area contributed by atoms with Crippen molar-refractivity contribution >= 4 is 29.2 Å². The lowest BCUT2D eigenvalue weighted by Crippen LogP contribution is -2.36. The summed E-state index contributed by atoms with van der Waals surface area (Å²) in [6.07, 6.45) is -1.05. The number of carboxylic acid groups (broad SMARTS) is 1. The molecule has 1 amide bonds. The van der Waals surface area contributed by atoms with Crippen molar-refractivity contribution in [3.63, 3.8) is 0 Å². The molecule has 0 radical (unpaired) electrons. The number of rotatable bonds is 9. The summed E-state index contributed by atoms with van der Waals surface area (Å²) < 4.78 is 13.2. The van der Waals surface area contributed by atoms with E-state index in [1.807, 2.05) is 43.3 Å². The minimum Gasteiger partial charge on any atom is -0.493 e. The molecule has 1 aliphatic rings. The van der Waals surface area contributed by atoms with Crippen molar-refractivity contribution in [2.45, 2.75) is 33.9 Å². The standard InChI is InChI=1S/C27H33ClN4O4/c1-19(2)18-36-25-9-6-23(28)15-22(25)17-32-20(3)14-26(29-32)31(27(33)34)16-21-4-7-24(8-5-21)30-10-12-35-13-11-30/h4-9,14-15,19H,10-13,16-18H2,1-3H3,(H,33,34). The smallest absolute Gasteiger partial charge is 0.413 e. The number of aryl methyl sites for hydroxylation is 1. The minimum absolute atomic E-state index is 0.203. The molecule has 192 valence electrons.